The molecule has 144 valence electrons. The first-order chi connectivity index (χ1) is 13.6. The highest BCUT2D eigenvalue weighted by Gasteiger charge is 2.33. The minimum atomic E-state index is -0.825. The molecule has 0 spiro atoms. The second-order valence-corrected chi connectivity index (χ2v) is 7.24. The smallest absolute Gasteiger partial charge is 0.308 e. The van der Waals surface area contributed by atoms with Gasteiger partial charge in [0.2, 0.25) is 5.91 Å². The molecule has 1 heterocycles. The molecule has 0 bridgehead atoms. The van der Waals surface area contributed by atoms with E-state index in [-0.39, 0.29) is 18.4 Å². The van der Waals surface area contributed by atoms with Crippen LogP contribution in [0.1, 0.15) is 31.5 Å². The van der Waals surface area contributed by atoms with Crippen molar-refractivity contribution in [1.29, 1.82) is 0 Å². The minimum Gasteiger partial charge on any atom is -0.481 e. The monoisotopic (exact) mass is 377 g/mol. The van der Waals surface area contributed by atoms with E-state index < -0.39 is 11.9 Å². The van der Waals surface area contributed by atoms with Gasteiger partial charge in [-0.3, -0.25) is 14.2 Å². The van der Waals surface area contributed by atoms with Gasteiger partial charge in [0, 0.05) is 24.6 Å². The van der Waals surface area contributed by atoms with Crippen LogP contribution in [-0.4, -0.2) is 32.6 Å². The van der Waals surface area contributed by atoms with Crippen LogP contribution in [0.2, 0.25) is 0 Å². The van der Waals surface area contributed by atoms with Crippen molar-refractivity contribution in [1.82, 2.24) is 14.9 Å². The number of para-hydroxylation sites is 3. The number of hydrogen-bond acceptors (Lipinski definition) is 3. The molecule has 3 aromatic rings. The molecule has 0 radical (unpaired) electrons. The van der Waals surface area contributed by atoms with Crippen LogP contribution in [0.4, 0.5) is 0 Å². The summed E-state index contributed by atoms with van der Waals surface area (Å²) in [6.45, 7) is 0. The van der Waals surface area contributed by atoms with E-state index in [0.717, 1.165) is 35.4 Å². The summed E-state index contributed by atoms with van der Waals surface area (Å²) in [4.78, 5) is 28.5. The summed E-state index contributed by atoms with van der Waals surface area (Å²) >= 11 is 0. The topological polar surface area (TPSA) is 84.2 Å². The van der Waals surface area contributed by atoms with Gasteiger partial charge in [-0.15, -0.1) is 0 Å². The van der Waals surface area contributed by atoms with Crippen molar-refractivity contribution < 1.29 is 14.7 Å². The SMILES string of the molecule is O=C(CCc1nc2ccccc2n1-c1ccccc1)N[C@H]1CCC[C@H]1C(=O)O. The molecule has 1 saturated carbocycles. The van der Waals surface area contributed by atoms with Crippen LogP contribution in [-0.2, 0) is 16.0 Å². The van der Waals surface area contributed by atoms with Crippen molar-refractivity contribution in [2.45, 2.75) is 38.1 Å². The molecule has 1 amide bonds. The fraction of sp³-hybridized carbons (Fsp3) is 0.318. The van der Waals surface area contributed by atoms with E-state index in [1.165, 1.54) is 0 Å². The minimum absolute atomic E-state index is 0.121. The van der Waals surface area contributed by atoms with Crippen LogP contribution >= 0.6 is 0 Å². The van der Waals surface area contributed by atoms with Gasteiger partial charge in [0.1, 0.15) is 5.82 Å². The third-order valence-corrected chi connectivity index (χ3v) is 5.40. The van der Waals surface area contributed by atoms with Gasteiger partial charge < -0.3 is 10.4 Å². The Morgan fingerprint density at radius 1 is 1.07 bits per heavy atom. The standard InChI is InChI=1S/C22H23N3O3/c26-21(24-17-11-6-9-16(17)22(27)28)14-13-20-23-18-10-4-5-12-19(18)25(20)15-7-2-1-3-8-15/h1-5,7-8,10,12,16-17H,6,9,11,13-14H2,(H,24,26)(H,27,28)/t16-,17+/m1/s1. The third-order valence-electron chi connectivity index (χ3n) is 5.40. The lowest BCUT2D eigenvalue weighted by molar-refractivity contribution is -0.142. The second kappa shape index (κ2) is 7.84. The zero-order chi connectivity index (χ0) is 19.5. The number of rotatable bonds is 6. The third kappa shape index (κ3) is 3.63. The molecule has 6 nitrogen and oxygen atoms in total. The van der Waals surface area contributed by atoms with E-state index in [1.807, 2.05) is 54.6 Å². The maximum absolute atomic E-state index is 12.5. The number of imidazole rings is 1. The van der Waals surface area contributed by atoms with Gasteiger partial charge >= 0.3 is 5.97 Å². The first kappa shape index (κ1) is 18.2. The Kier molecular flexibility index (Phi) is 5.10. The van der Waals surface area contributed by atoms with Crippen LogP contribution in [0.25, 0.3) is 16.7 Å². The number of fused-ring (bicyclic) bond motifs is 1. The number of nitrogens with one attached hydrogen (secondary N) is 1. The highest BCUT2D eigenvalue weighted by atomic mass is 16.4. The van der Waals surface area contributed by atoms with Crippen molar-refractivity contribution >= 4 is 22.9 Å². The Labute approximate surface area is 163 Å². The van der Waals surface area contributed by atoms with Gasteiger partial charge in [0.05, 0.1) is 17.0 Å². The van der Waals surface area contributed by atoms with Crippen LogP contribution < -0.4 is 5.32 Å². The zero-order valence-electron chi connectivity index (χ0n) is 15.5. The summed E-state index contributed by atoms with van der Waals surface area (Å²) in [5.41, 5.74) is 2.91. The zero-order valence-corrected chi connectivity index (χ0v) is 15.5. The van der Waals surface area contributed by atoms with Crippen molar-refractivity contribution in [3.05, 3.63) is 60.4 Å². The summed E-state index contributed by atoms with van der Waals surface area (Å²) in [6, 6.07) is 17.6. The lowest BCUT2D eigenvalue weighted by atomic mass is 10.0. The van der Waals surface area contributed by atoms with E-state index in [2.05, 4.69) is 9.88 Å². The first-order valence-electron chi connectivity index (χ1n) is 9.67. The molecule has 1 aromatic heterocycles. The van der Waals surface area contributed by atoms with Crippen molar-refractivity contribution in [3.63, 3.8) is 0 Å². The molecule has 0 saturated heterocycles. The predicted octanol–water partition coefficient (Wildman–Crippen LogP) is 3.33. The van der Waals surface area contributed by atoms with Gasteiger partial charge in [-0.25, -0.2) is 4.98 Å². The highest BCUT2D eigenvalue weighted by molar-refractivity contribution is 5.80. The molecular weight excluding hydrogens is 354 g/mol. The fourth-order valence-electron chi connectivity index (χ4n) is 4.04. The van der Waals surface area contributed by atoms with Crippen molar-refractivity contribution in [2.24, 2.45) is 5.92 Å². The molecule has 2 aromatic carbocycles. The highest BCUT2D eigenvalue weighted by Crippen LogP contribution is 2.26. The fourth-order valence-corrected chi connectivity index (χ4v) is 4.04. The number of aryl methyl sites for hydroxylation is 1. The Bertz CT molecular complexity index is 997. The summed E-state index contributed by atoms with van der Waals surface area (Å²) in [7, 11) is 0. The number of amides is 1. The van der Waals surface area contributed by atoms with Gasteiger partial charge in [-0.1, -0.05) is 36.8 Å². The summed E-state index contributed by atoms with van der Waals surface area (Å²) in [5.74, 6) is -0.597. The molecule has 2 atom stereocenters. The maximum atomic E-state index is 12.5. The van der Waals surface area contributed by atoms with E-state index in [9.17, 15) is 14.7 Å². The Hall–Kier alpha value is -3.15. The maximum Gasteiger partial charge on any atom is 0.308 e. The number of nitrogens with zero attached hydrogens (tertiary/aromatic N) is 2. The lowest BCUT2D eigenvalue weighted by Gasteiger charge is -2.17. The van der Waals surface area contributed by atoms with Crippen LogP contribution in [0, 0.1) is 5.92 Å². The number of aliphatic carboxylic acids is 1. The number of aromatic nitrogens is 2. The number of carbonyl (C=O) groups excluding carboxylic acids is 1. The predicted molar refractivity (Wildman–Crippen MR) is 106 cm³/mol. The number of carboxylic acid groups (broad SMARTS) is 1. The molecule has 28 heavy (non-hydrogen) atoms. The van der Waals surface area contributed by atoms with E-state index >= 15 is 0 Å². The van der Waals surface area contributed by atoms with Gasteiger partial charge in [0.25, 0.3) is 0 Å². The second-order valence-electron chi connectivity index (χ2n) is 7.24. The average Bonchev–Trinajstić information content (AvgIpc) is 3.31. The van der Waals surface area contributed by atoms with Crippen LogP contribution in [0.15, 0.2) is 54.6 Å². The Morgan fingerprint density at radius 2 is 1.82 bits per heavy atom. The molecule has 1 aliphatic rings. The summed E-state index contributed by atoms with van der Waals surface area (Å²) in [6.07, 6.45) is 2.96. The quantitative estimate of drug-likeness (QED) is 0.690. The normalized spacial score (nSPS) is 19.0. The Morgan fingerprint density at radius 3 is 2.61 bits per heavy atom. The molecule has 1 aliphatic carbocycles. The average molecular weight is 377 g/mol. The molecular formula is C22H23N3O3. The Balaban J connectivity index is 1.52. The lowest BCUT2D eigenvalue weighted by Crippen LogP contribution is -2.40. The summed E-state index contributed by atoms with van der Waals surface area (Å²) in [5, 5.41) is 12.2. The van der Waals surface area contributed by atoms with E-state index in [0.29, 0.717) is 12.8 Å². The largest absolute Gasteiger partial charge is 0.481 e. The number of carboxylic acids is 1. The molecule has 6 heteroatoms. The van der Waals surface area contributed by atoms with Crippen LogP contribution in [0.3, 0.4) is 0 Å². The summed E-state index contributed by atoms with van der Waals surface area (Å²) < 4.78 is 2.08. The molecule has 0 aliphatic heterocycles. The van der Waals surface area contributed by atoms with Gasteiger partial charge in [0.15, 0.2) is 0 Å². The molecule has 4 rings (SSSR count). The van der Waals surface area contributed by atoms with E-state index in [4.69, 9.17) is 4.98 Å². The van der Waals surface area contributed by atoms with Gasteiger partial charge in [-0.2, -0.15) is 0 Å². The first-order valence-corrected chi connectivity index (χ1v) is 9.67. The molecule has 0 unspecified atom stereocenters. The van der Waals surface area contributed by atoms with Crippen molar-refractivity contribution in [3.8, 4) is 5.69 Å². The molecule has 1 fully saturated rings. The number of hydrogen-bond donors (Lipinski definition) is 2. The number of carbonyl (C=O) groups is 2. The van der Waals surface area contributed by atoms with Crippen LogP contribution in [0.5, 0.6) is 0 Å². The van der Waals surface area contributed by atoms with Crippen molar-refractivity contribution in [2.75, 3.05) is 0 Å². The number of benzene rings is 2. The van der Waals surface area contributed by atoms with Gasteiger partial charge in [-0.05, 0) is 37.1 Å². The molecule has 2 N–H and O–H groups in total. The van der Waals surface area contributed by atoms with E-state index in [1.54, 1.807) is 0 Å².